The normalized spacial score (nSPS) is 11.1. The summed E-state index contributed by atoms with van der Waals surface area (Å²) in [6.45, 7) is 1.70. The molecule has 0 amide bonds. The van der Waals surface area contributed by atoms with Crippen molar-refractivity contribution in [2.45, 2.75) is 6.92 Å². The predicted octanol–water partition coefficient (Wildman–Crippen LogP) is 1.55. The van der Waals surface area contributed by atoms with Gasteiger partial charge < -0.3 is 10.5 Å². The number of amidine groups is 1. The first-order chi connectivity index (χ1) is 8.54. The van der Waals surface area contributed by atoms with Crippen LogP contribution in [-0.4, -0.2) is 30.7 Å². The van der Waals surface area contributed by atoms with Crippen LogP contribution in [0.5, 0.6) is 0 Å². The van der Waals surface area contributed by atoms with Gasteiger partial charge in [0.05, 0.1) is 6.61 Å². The molecule has 6 heteroatoms. The van der Waals surface area contributed by atoms with Gasteiger partial charge in [-0.1, -0.05) is 28.1 Å². The van der Waals surface area contributed by atoms with Crippen LogP contribution in [0.25, 0.3) is 0 Å². The predicted molar refractivity (Wildman–Crippen MR) is 71.6 cm³/mol. The molecule has 0 saturated carbocycles. The SMILES string of the molecule is CCOC(=O)C(N)=NCC(=O)c1cccc(Br)c1. The van der Waals surface area contributed by atoms with E-state index in [4.69, 9.17) is 5.73 Å². The van der Waals surface area contributed by atoms with E-state index < -0.39 is 5.97 Å². The summed E-state index contributed by atoms with van der Waals surface area (Å²) in [6.07, 6.45) is 0. The molecule has 2 N–H and O–H groups in total. The van der Waals surface area contributed by atoms with Gasteiger partial charge in [-0.3, -0.25) is 9.79 Å². The standard InChI is InChI=1S/C12H13BrN2O3/c1-2-18-12(17)11(14)15-7-10(16)8-4-3-5-9(13)6-8/h3-6H,2,7H2,1H3,(H2,14,15). The summed E-state index contributed by atoms with van der Waals surface area (Å²) >= 11 is 3.27. The van der Waals surface area contributed by atoms with Crippen molar-refractivity contribution in [2.24, 2.45) is 10.7 Å². The second-order valence-corrected chi connectivity index (χ2v) is 4.27. The van der Waals surface area contributed by atoms with E-state index in [0.29, 0.717) is 5.56 Å². The fourth-order valence-electron chi connectivity index (χ4n) is 1.18. The minimum atomic E-state index is -0.709. The quantitative estimate of drug-likeness (QED) is 0.396. The molecule has 1 rings (SSSR count). The average molecular weight is 313 g/mol. The number of aliphatic imine (C=N–C) groups is 1. The summed E-state index contributed by atoms with van der Waals surface area (Å²) in [5.41, 5.74) is 5.88. The number of rotatable bonds is 4. The van der Waals surface area contributed by atoms with Gasteiger partial charge in [-0.05, 0) is 19.1 Å². The van der Waals surface area contributed by atoms with Gasteiger partial charge in [-0.15, -0.1) is 0 Å². The van der Waals surface area contributed by atoms with Gasteiger partial charge >= 0.3 is 5.97 Å². The molecule has 0 atom stereocenters. The Hall–Kier alpha value is -1.69. The maximum atomic E-state index is 11.7. The number of carbonyl (C=O) groups excluding carboxylic acids is 2. The van der Waals surface area contributed by atoms with Gasteiger partial charge in [0.1, 0.15) is 6.54 Å². The molecule has 0 radical (unpaired) electrons. The highest BCUT2D eigenvalue weighted by Gasteiger charge is 2.10. The molecular formula is C12H13BrN2O3. The van der Waals surface area contributed by atoms with Crippen LogP contribution in [0.1, 0.15) is 17.3 Å². The first-order valence-corrected chi connectivity index (χ1v) is 6.09. The van der Waals surface area contributed by atoms with E-state index in [1.165, 1.54) is 0 Å². The second-order valence-electron chi connectivity index (χ2n) is 3.36. The molecule has 0 aliphatic carbocycles. The van der Waals surface area contributed by atoms with E-state index in [1.807, 2.05) is 6.07 Å². The van der Waals surface area contributed by atoms with Crippen LogP contribution in [0.4, 0.5) is 0 Å². The van der Waals surface area contributed by atoms with E-state index in [1.54, 1.807) is 25.1 Å². The lowest BCUT2D eigenvalue weighted by Crippen LogP contribution is -2.27. The third-order valence-electron chi connectivity index (χ3n) is 2.02. The number of carbonyl (C=O) groups is 2. The molecule has 18 heavy (non-hydrogen) atoms. The summed E-state index contributed by atoms with van der Waals surface area (Å²) in [7, 11) is 0. The molecule has 0 fully saturated rings. The fourth-order valence-corrected chi connectivity index (χ4v) is 1.58. The number of nitrogens with zero attached hydrogens (tertiary/aromatic N) is 1. The van der Waals surface area contributed by atoms with Gasteiger partial charge in [0, 0.05) is 10.0 Å². The van der Waals surface area contributed by atoms with Crippen molar-refractivity contribution < 1.29 is 14.3 Å². The lowest BCUT2D eigenvalue weighted by molar-refractivity contribution is -0.135. The van der Waals surface area contributed by atoms with E-state index >= 15 is 0 Å². The molecule has 0 aliphatic heterocycles. The number of ether oxygens (including phenoxy) is 1. The molecule has 0 aromatic heterocycles. The largest absolute Gasteiger partial charge is 0.460 e. The van der Waals surface area contributed by atoms with E-state index in [-0.39, 0.29) is 24.8 Å². The topological polar surface area (TPSA) is 81.8 Å². The summed E-state index contributed by atoms with van der Waals surface area (Å²) in [4.78, 5) is 26.6. The molecule has 1 aromatic carbocycles. The molecule has 5 nitrogen and oxygen atoms in total. The second kappa shape index (κ2) is 6.90. The first kappa shape index (κ1) is 14.4. The molecule has 0 bridgehead atoms. The van der Waals surface area contributed by atoms with Crippen molar-refractivity contribution >= 4 is 33.5 Å². The maximum absolute atomic E-state index is 11.7. The number of benzene rings is 1. The van der Waals surface area contributed by atoms with Gasteiger partial charge in [-0.2, -0.15) is 0 Å². The number of halogens is 1. The van der Waals surface area contributed by atoms with Crippen LogP contribution in [0.3, 0.4) is 0 Å². The van der Waals surface area contributed by atoms with Crippen LogP contribution < -0.4 is 5.73 Å². The third kappa shape index (κ3) is 4.29. The van der Waals surface area contributed by atoms with Crippen molar-refractivity contribution in [1.29, 1.82) is 0 Å². The number of Topliss-reactive ketones (excluding diaryl/α,β-unsaturated/α-hetero) is 1. The van der Waals surface area contributed by atoms with Crippen molar-refractivity contribution in [1.82, 2.24) is 0 Å². The molecule has 1 aromatic rings. The highest BCUT2D eigenvalue weighted by Crippen LogP contribution is 2.12. The summed E-state index contributed by atoms with van der Waals surface area (Å²) < 4.78 is 5.45. The van der Waals surface area contributed by atoms with Crippen LogP contribution in [0, 0.1) is 0 Å². The lowest BCUT2D eigenvalue weighted by atomic mass is 10.1. The van der Waals surface area contributed by atoms with Crippen molar-refractivity contribution in [3.63, 3.8) is 0 Å². The summed E-state index contributed by atoms with van der Waals surface area (Å²) in [6, 6.07) is 6.91. The van der Waals surface area contributed by atoms with Crippen LogP contribution in [0.2, 0.25) is 0 Å². The maximum Gasteiger partial charge on any atom is 0.373 e. The van der Waals surface area contributed by atoms with Gasteiger partial charge in [0.2, 0.25) is 5.84 Å². The third-order valence-corrected chi connectivity index (χ3v) is 2.52. The number of nitrogens with two attached hydrogens (primary N) is 1. The molecule has 0 aliphatic rings. The van der Waals surface area contributed by atoms with Gasteiger partial charge in [0.25, 0.3) is 0 Å². The van der Waals surface area contributed by atoms with Crippen LogP contribution in [0.15, 0.2) is 33.7 Å². The van der Waals surface area contributed by atoms with E-state index in [9.17, 15) is 9.59 Å². The fraction of sp³-hybridized carbons (Fsp3) is 0.250. The Balaban J connectivity index is 2.66. The zero-order valence-corrected chi connectivity index (χ0v) is 11.4. The van der Waals surface area contributed by atoms with Gasteiger partial charge in [-0.25, -0.2) is 4.79 Å². The minimum absolute atomic E-state index is 0.179. The Morgan fingerprint density at radius 2 is 2.17 bits per heavy atom. The molecule has 0 saturated heterocycles. The zero-order valence-electron chi connectivity index (χ0n) is 9.85. The summed E-state index contributed by atoms with van der Waals surface area (Å²) in [5.74, 6) is -1.22. The van der Waals surface area contributed by atoms with Crippen molar-refractivity contribution in [3.05, 3.63) is 34.3 Å². The Morgan fingerprint density at radius 1 is 1.44 bits per heavy atom. The average Bonchev–Trinajstić information content (AvgIpc) is 2.35. The number of esters is 1. The molecule has 0 spiro atoms. The van der Waals surface area contributed by atoms with Crippen molar-refractivity contribution in [2.75, 3.05) is 13.2 Å². The molecular weight excluding hydrogens is 300 g/mol. The zero-order chi connectivity index (χ0) is 13.5. The highest BCUT2D eigenvalue weighted by atomic mass is 79.9. The number of hydrogen-bond acceptors (Lipinski definition) is 4. The van der Waals surface area contributed by atoms with Crippen molar-refractivity contribution in [3.8, 4) is 0 Å². The number of ketones is 1. The van der Waals surface area contributed by atoms with Gasteiger partial charge in [0.15, 0.2) is 5.78 Å². The van der Waals surface area contributed by atoms with Crippen LogP contribution in [-0.2, 0) is 9.53 Å². The monoisotopic (exact) mass is 312 g/mol. The van der Waals surface area contributed by atoms with E-state index in [0.717, 1.165) is 4.47 Å². The van der Waals surface area contributed by atoms with E-state index in [2.05, 4.69) is 25.7 Å². The van der Waals surface area contributed by atoms with Crippen LogP contribution >= 0.6 is 15.9 Å². The first-order valence-electron chi connectivity index (χ1n) is 5.30. The Bertz CT molecular complexity index is 486. The Labute approximate surface area is 113 Å². The Morgan fingerprint density at radius 3 is 2.78 bits per heavy atom. The highest BCUT2D eigenvalue weighted by molar-refractivity contribution is 9.10. The molecule has 96 valence electrons. The smallest absolute Gasteiger partial charge is 0.373 e. The minimum Gasteiger partial charge on any atom is -0.460 e. The number of hydrogen-bond donors (Lipinski definition) is 1. The molecule has 0 unspecified atom stereocenters. The summed E-state index contributed by atoms with van der Waals surface area (Å²) in [5, 5.41) is 0. The molecule has 0 heterocycles. The lowest BCUT2D eigenvalue weighted by Gasteiger charge is -2.01. The Kier molecular flexibility index (Phi) is 5.51.